The van der Waals surface area contributed by atoms with Gasteiger partial charge in [0.15, 0.2) is 0 Å². The highest BCUT2D eigenvalue weighted by Gasteiger charge is 2.38. The van der Waals surface area contributed by atoms with E-state index in [1.807, 2.05) is 0 Å². The minimum absolute atomic E-state index is 0.0763. The Kier molecular flexibility index (Phi) is 7.96. The van der Waals surface area contributed by atoms with Crippen molar-refractivity contribution in [2.24, 2.45) is 0 Å². The van der Waals surface area contributed by atoms with Crippen molar-refractivity contribution in [3.63, 3.8) is 0 Å². The first-order valence-electron chi connectivity index (χ1n) is 21.9. The van der Waals surface area contributed by atoms with E-state index >= 15 is 0 Å². The average molecular weight is 795 g/mol. The lowest BCUT2D eigenvalue weighted by Crippen LogP contribution is -2.16. The van der Waals surface area contributed by atoms with E-state index in [0.717, 1.165) is 17.1 Å². The normalized spacial score (nSPS) is 14.1. The molecule has 1 aromatic heterocycles. The van der Waals surface area contributed by atoms with Crippen molar-refractivity contribution in [1.29, 1.82) is 0 Å². The average Bonchev–Trinajstić information content (AvgIpc) is 3.87. The second-order valence-electron chi connectivity index (χ2n) is 18.1. The number of benzene rings is 9. The molecule has 0 fully saturated rings. The molecule has 0 saturated heterocycles. The SMILES string of the molecule is CC1(C)c2ccccc2-c2ccc(-c3cccc(N(c4cccc(-c5cccc6c5c5ccccc5n6-c5ccccc5)c4)c4cccc5c4-c4ccccc4C5(C)C)c3)cc21. The Morgan fingerprint density at radius 2 is 0.919 bits per heavy atom. The predicted molar refractivity (Wildman–Crippen MR) is 261 cm³/mol. The Balaban J connectivity index is 1.06. The van der Waals surface area contributed by atoms with Crippen molar-refractivity contribution in [2.75, 3.05) is 4.90 Å². The molecule has 1 heterocycles. The lowest BCUT2D eigenvalue weighted by atomic mass is 9.81. The van der Waals surface area contributed by atoms with Crippen LogP contribution in [0.4, 0.5) is 17.1 Å². The summed E-state index contributed by atoms with van der Waals surface area (Å²) in [7, 11) is 0. The summed E-state index contributed by atoms with van der Waals surface area (Å²) < 4.78 is 2.40. The van der Waals surface area contributed by atoms with E-state index in [2.05, 4.69) is 243 Å². The number of aromatic nitrogens is 1. The van der Waals surface area contributed by atoms with Gasteiger partial charge in [0, 0.05) is 44.2 Å². The summed E-state index contributed by atoms with van der Waals surface area (Å²) in [5, 5.41) is 2.51. The molecular weight excluding hydrogens is 749 g/mol. The van der Waals surface area contributed by atoms with Crippen LogP contribution in [-0.4, -0.2) is 4.57 Å². The smallest absolute Gasteiger partial charge is 0.0547 e. The van der Waals surface area contributed by atoms with Crippen molar-refractivity contribution >= 4 is 38.9 Å². The van der Waals surface area contributed by atoms with Gasteiger partial charge in [0.1, 0.15) is 0 Å². The highest BCUT2D eigenvalue weighted by atomic mass is 15.1. The molecule has 0 aliphatic heterocycles. The number of fused-ring (bicyclic) bond motifs is 9. The molecule has 12 rings (SSSR count). The Hall–Kier alpha value is -7.42. The van der Waals surface area contributed by atoms with E-state index in [9.17, 15) is 0 Å². The van der Waals surface area contributed by atoms with Crippen LogP contribution < -0.4 is 4.90 Å². The Labute approximate surface area is 364 Å². The van der Waals surface area contributed by atoms with Crippen LogP contribution in [0.2, 0.25) is 0 Å². The van der Waals surface area contributed by atoms with Crippen molar-refractivity contribution in [1.82, 2.24) is 4.57 Å². The van der Waals surface area contributed by atoms with Gasteiger partial charge in [-0.3, -0.25) is 0 Å². The minimum atomic E-state index is -0.130. The molecule has 0 saturated carbocycles. The minimum Gasteiger partial charge on any atom is -0.310 e. The number of para-hydroxylation sites is 2. The third kappa shape index (κ3) is 5.29. The molecule has 0 unspecified atom stereocenters. The van der Waals surface area contributed by atoms with E-state index in [1.165, 1.54) is 94.3 Å². The van der Waals surface area contributed by atoms with Crippen LogP contribution in [0.15, 0.2) is 206 Å². The summed E-state index contributed by atoms with van der Waals surface area (Å²) in [6.45, 7) is 9.46. The summed E-state index contributed by atoms with van der Waals surface area (Å²) in [6.07, 6.45) is 0. The fraction of sp³-hybridized carbons (Fsp3) is 0.100. The van der Waals surface area contributed by atoms with Gasteiger partial charge < -0.3 is 9.47 Å². The molecular formula is C60H46N2. The maximum atomic E-state index is 2.50. The van der Waals surface area contributed by atoms with Crippen molar-refractivity contribution in [3.05, 3.63) is 229 Å². The van der Waals surface area contributed by atoms with Crippen LogP contribution in [0.25, 0.3) is 72.0 Å². The van der Waals surface area contributed by atoms with E-state index < -0.39 is 0 Å². The standard InChI is InChI=1S/C60H46N2/c1-59(2)51-29-12-9-25-48(51)58-52(59)30-17-33-56(58)61(43-22-14-18-39(36-43)40-34-35-47-46-24-8-11-28-50(46)60(3,4)53(47)38-40)44-23-15-19-41(37-44)45-27-16-32-55-57(45)49-26-10-13-31-54(49)62(55)42-20-6-5-7-21-42/h5-38H,1-4H3. The van der Waals surface area contributed by atoms with E-state index in [0.29, 0.717) is 0 Å². The van der Waals surface area contributed by atoms with Gasteiger partial charge in [-0.05, 0) is 122 Å². The first-order chi connectivity index (χ1) is 30.3. The van der Waals surface area contributed by atoms with Crippen molar-refractivity contribution < 1.29 is 0 Å². The number of hydrogen-bond donors (Lipinski definition) is 0. The molecule has 0 bridgehead atoms. The molecule has 2 heteroatoms. The molecule has 0 spiro atoms. The molecule has 9 aromatic carbocycles. The molecule has 0 radical (unpaired) electrons. The number of hydrogen-bond acceptors (Lipinski definition) is 1. The first-order valence-corrected chi connectivity index (χ1v) is 21.9. The summed E-state index contributed by atoms with van der Waals surface area (Å²) >= 11 is 0. The molecule has 0 N–H and O–H groups in total. The topological polar surface area (TPSA) is 8.17 Å². The highest BCUT2D eigenvalue weighted by Crippen LogP contribution is 2.55. The van der Waals surface area contributed by atoms with Crippen LogP contribution in [-0.2, 0) is 10.8 Å². The van der Waals surface area contributed by atoms with Crippen molar-refractivity contribution in [3.8, 4) is 50.2 Å². The maximum absolute atomic E-state index is 2.50. The molecule has 62 heavy (non-hydrogen) atoms. The summed E-state index contributed by atoms with van der Waals surface area (Å²) in [6, 6.07) is 76.6. The monoisotopic (exact) mass is 794 g/mol. The third-order valence-electron chi connectivity index (χ3n) is 14.0. The molecule has 2 nitrogen and oxygen atoms in total. The molecule has 10 aromatic rings. The number of anilines is 3. The summed E-state index contributed by atoms with van der Waals surface area (Å²) in [4.78, 5) is 2.50. The van der Waals surface area contributed by atoms with E-state index in [1.54, 1.807) is 0 Å². The van der Waals surface area contributed by atoms with Crippen LogP contribution in [0.3, 0.4) is 0 Å². The van der Waals surface area contributed by atoms with Crippen LogP contribution in [0, 0.1) is 0 Å². The highest BCUT2D eigenvalue weighted by molar-refractivity contribution is 6.16. The van der Waals surface area contributed by atoms with Crippen molar-refractivity contribution in [2.45, 2.75) is 38.5 Å². The van der Waals surface area contributed by atoms with Gasteiger partial charge in [-0.25, -0.2) is 0 Å². The summed E-state index contributed by atoms with van der Waals surface area (Å²) in [5.41, 5.74) is 22.4. The maximum Gasteiger partial charge on any atom is 0.0547 e. The second kappa shape index (κ2) is 13.5. The lowest BCUT2D eigenvalue weighted by Gasteiger charge is -2.29. The van der Waals surface area contributed by atoms with E-state index in [4.69, 9.17) is 0 Å². The lowest BCUT2D eigenvalue weighted by molar-refractivity contribution is 0.660. The van der Waals surface area contributed by atoms with Gasteiger partial charge >= 0.3 is 0 Å². The van der Waals surface area contributed by atoms with Gasteiger partial charge in [0.25, 0.3) is 0 Å². The Morgan fingerprint density at radius 1 is 0.371 bits per heavy atom. The van der Waals surface area contributed by atoms with Crippen LogP contribution in [0.5, 0.6) is 0 Å². The molecule has 0 atom stereocenters. The van der Waals surface area contributed by atoms with Crippen LogP contribution in [0.1, 0.15) is 49.9 Å². The summed E-state index contributed by atoms with van der Waals surface area (Å²) in [5.74, 6) is 0. The quantitative estimate of drug-likeness (QED) is 0.163. The zero-order chi connectivity index (χ0) is 41.7. The molecule has 2 aliphatic carbocycles. The van der Waals surface area contributed by atoms with Gasteiger partial charge in [0.2, 0.25) is 0 Å². The zero-order valence-electron chi connectivity index (χ0n) is 35.5. The second-order valence-corrected chi connectivity index (χ2v) is 18.1. The van der Waals surface area contributed by atoms with Gasteiger partial charge in [0.05, 0.1) is 16.7 Å². The fourth-order valence-corrected chi connectivity index (χ4v) is 11.0. The third-order valence-corrected chi connectivity index (χ3v) is 14.0. The zero-order valence-corrected chi connectivity index (χ0v) is 35.5. The number of rotatable bonds is 6. The number of nitrogens with zero attached hydrogens (tertiary/aromatic N) is 2. The molecule has 0 amide bonds. The Bertz CT molecular complexity index is 3420. The fourth-order valence-electron chi connectivity index (χ4n) is 11.0. The van der Waals surface area contributed by atoms with Gasteiger partial charge in [-0.2, -0.15) is 0 Å². The van der Waals surface area contributed by atoms with Gasteiger partial charge in [-0.1, -0.05) is 173 Å². The Morgan fingerprint density at radius 3 is 1.73 bits per heavy atom. The van der Waals surface area contributed by atoms with Gasteiger partial charge in [-0.15, -0.1) is 0 Å². The van der Waals surface area contributed by atoms with Crippen LogP contribution >= 0.6 is 0 Å². The largest absolute Gasteiger partial charge is 0.310 e. The molecule has 296 valence electrons. The first kappa shape index (κ1) is 36.4. The molecule has 2 aliphatic rings. The van der Waals surface area contributed by atoms with E-state index in [-0.39, 0.29) is 10.8 Å². The predicted octanol–water partition coefficient (Wildman–Crippen LogP) is 16.2.